The zero-order valence-corrected chi connectivity index (χ0v) is 19.8. The summed E-state index contributed by atoms with van der Waals surface area (Å²) in [6.07, 6.45) is 0. The van der Waals surface area contributed by atoms with Crippen LogP contribution in [0.1, 0.15) is 41.4 Å². The summed E-state index contributed by atoms with van der Waals surface area (Å²) in [5.41, 5.74) is 3.15. The Morgan fingerprint density at radius 1 is 1.15 bits per heavy atom. The third kappa shape index (κ3) is 4.76. The van der Waals surface area contributed by atoms with Gasteiger partial charge in [-0.15, -0.1) is 5.10 Å². The summed E-state index contributed by atoms with van der Waals surface area (Å²) in [6.45, 7) is 3.85. The number of carboxylic acid groups (broad SMARTS) is 1. The predicted octanol–water partition coefficient (Wildman–Crippen LogP) is 4.13. The van der Waals surface area contributed by atoms with E-state index in [9.17, 15) is 9.59 Å². The number of thioether (sulfide) groups is 1. The fourth-order valence-corrected chi connectivity index (χ4v) is 4.44. The third-order valence-electron chi connectivity index (χ3n) is 5.33. The van der Waals surface area contributed by atoms with E-state index >= 15 is 0 Å². The average molecular weight is 481 g/mol. The van der Waals surface area contributed by atoms with Crippen LogP contribution < -0.4 is 10.1 Å². The minimum absolute atomic E-state index is 0.240. The molecule has 2 N–H and O–H groups in total. The van der Waals surface area contributed by atoms with Crippen LogP contribution in [0.2, 0.25) is 0 Å². The summed E-state index contributed by atoms with van der Waals surface area (Å²) < 4.78 is 12.3. The van der Waals surface area contributed by atoms with Crippen molar-refractivity contribution < 1.29 is 24.2 Å². The number of ether oxygens (including phenoxy) is 2. The topological polar surface area (TPSA) is 116 Å². The monoisotopic (exact) mass is 480 g/mol. The van der Waals surface area contributed by atoms with Crippen LogP contribution in [0.5, 0.6) is 5.75 Å². The Bertz CT molecular complexity index is 1240. The van der Waals surface area contributed by atoms with Crippen LogP contribution in [0, 0.1) is 0 Å². The van der Waals surface area contributed by atoms with Crippen molar-refractivity contribution in [1.82, 2.24) is 14.8 Å². The lowest BCUT2D eigenvalue weighted by Gasteiger charge is -2.28. The number of rotatable bonds is 8. The van der Waals surface area contributed by atoms with Gasteiger partial charge >= 0.3 is 11.9 Å². The molecule has 0 bridgehead atoms. The molecule has 9 nitrogen and oxygen atoms in total. The van der Waals surface area contributed by atoms with Gasteiger partial charge in [-0.1, -0.05) is 36.0 Å². The summed E-state index contributed by atoms with van der Waals surface area (Å²) in [6, 6.07) is 13.6. The van der Waals surface area contributed by atoms with E-state index < -0.39 is 18.0 Å². The number of esters is 1. The van der Waals surface area contributed by atoms with Gasteiger partial charge in [-0.25, -0.2) is 14.3 Å². The molecule has 0 saturated heterocycles. The molecular weight excluding hydrogens is 456 g/mol. The van der Waals surface area contributed by atoms with Crippen LogP contribution in [0.3, 0.4) is 0 Å². The van der Waals surface area contributed by atoms with Crippen LogP contribution in [0.4, 0.5) is 5.95 Å². The fraction of sp³-hybridized carbons (Fsp3) is 0.250. The first-order chi connectivity index (χ1) is 16.4. The fourth-order valence-electron chi connectivity index (χ4n) is 3.65. The van der Waals surface area contributed by atoms with Crippen molar-refractivity contribution in [3.63, 3.8) is 0 Å². The van der Waals surface area contributed by atoms with Crippen molar-refractivity contribution >= 4 is 29.6 Å². The number of allylic oxidation sites excluding steroid dienone is 1. The summed E-state index contributed by atoms with van der Waals surface area (Å²) in [4.78, 5) is 28.5. The molecule has 1 atom stereocenters. The zero-order valence-electron chi connectivity index (χ0n) is 18.9. The SMILES string of the molecule is CCOC(=O)C1=C(C)Nc2nc(SCc3ccc(C(=O)O)cc3)nn2[C@@H]1c1ccc(OC)cc1. The van der Waals surface area contributed by atoms with E-state index in [1.54, 1.807) is 43.0 Å². The number of hydrogen-bond donors (Lipinski definition) is 2. The normalized spacial score (nSPS) is 14.9. The van der Waals surface area contributed by atoms with Crippen molar-refractivity contribution in [3.05, 3.63) is 76.5 Å². The zero-order chi connectivity index (χ0) is 24.2. The number of hydrogen-bond acceptors (Lipinski definition) is 8. The summed E-state index contributed by atoms with van der Waals surface area (Å²) in [5, 5.41) is 17.4. The van der Waals surface area contributed by atoms with E-state index in [2.05, 4.69) is 15.4 Å². The number of fused-ring (bicyclic) bond motifs is 1. The maximum absolute atomic E-state index is 12.9. The molecule has 4 rings (SSSR count). The Morgan fingerprint density at radius 3 is 2.47 bits per heavy atom. The molecule has 176 valence electrons. The van der Waals surface area contributed by atoms with Crippen molar-refractivity contribution in [2.24, 2.45) is 0 Å². The Morgan fingerprint density at radius 2 is 1.85 bits per heavy atom. The molecule has 0 fully saturated rings. The van der Waals surface area contributed by atoms with E-state index in [0.717, 1.165) is 11.1 Å². The summed E-state index contributed by atoms with van der Waals surface area (Å²) >= 11 is 1.42. The van der Waals surface area contributed by atoms with Crippen LogP contribution in [0.25, 0.3) is 0 Å². The molecule has 34 heavy (non-hydrogen) atoms. The molecule has 0 radical (unpaired) electrons. The highest BCUT2D eigenvalue weighted by Gasteiger charge is 2.35. The number of aromatic nitrogens is 3. The molecule has 0 unspecified atom stereocenters. The smallest absolute Gasteiger partial charge is 0.338 e. The van der Waals surface area contributed by atoms with E-state index in [1.165, 1.54) is 11.8 Å². The number of benzene rings is 2. The Kier molecular flexibility index (Phi) is 6.87. The number of carbonyl (C=O) groups is 2. The van der Waals surface area contributed by atoms with Crippen LogP contribution in [-0.4, -0.2) is 45.5 Å². The average Bonchev–Trinajstić information content (AvgIpc) is 3.24. The molecule has 3 aromatic rings. The van der Waals surface area contributed by atoms with Crippen LogP contribution in [-0.2, 0) is 15.3 Å². The largest absolute Gasteiger partial charge is 0.497 e. The number of anilines is 1. The molecular formula is C24H24N4O5S. The Hall–Kier alpha value is -3.79. The molecule has 1 aliphatic rings. The van der Waals surface area contributed by atoms with Crippen molar-refractivity contribution in [3.8, 4) is 5.75 Å². The maximum Gasteiger partial charge on any atom is 0.338 e. The van der Waals surface area contributed by atoms with Gasteiger partial charge in [0.05, 0.1) is 24.9 Å². The van der Waals surface area contributed by atoms with Crippen LogP contribution >= 0.6 is 11.8 Å². The second-order valence-corrected chi connectivity index (χ2v) is 8.46. The first-order valence-electron chi connectivity index (χ1n) is 10.6. The summed E-state index contributed by atoms with van der Waals surface area (Å²) in [7, 11) is 1.60. The summed E-state index contributed by atoms with van der Waals surface area (Å²) in [5.74, 6) is 0.421. The molecule has 1 aliphatic heterocycles. The van der Waals surface area contributed by atoms with E-state index in [-0.39, 0.29) is 12.2 Å². The number of aromatic carboxylic acids is 1. The molecule has 1 aromatic heterocycles. The van der Waals surface area contributed by atoms with Gasteiger partial charge in [-0.2, -0.15) is 4.98 Å². The minimum Gasteiger partial charge on any atom is -0.497 e. The predicted molar refractivity (Wildman–Crippen MR) is 127 cm³/mol. The van der Waals surface area contributed by atoms with E-state index in [4.69, 9.17) is 14.6 Å². The lowest BCUT2D eigenvalue weighted by atomic mass is 9.96. The highest BCUT2D eigenvalue weighted by molar-refractivity contribution is 7.98. The highest BCUT2D eigenvalue weighted by Crippen LogP contribution is 2.37. The van der Waals surface area contributed by atoms with Crippen molar-refractivity contribution in [1.29, 1.82) is 0 Å². The number of carbonyl (C=O) groups excluding carboxylic acids is 1. The van der Waals surface area contributed by atoms with Gasteiger partial charge in [0.2, 0.25) is 11.1 Å². The lowest BCUT2D eigenvalue weighted by molar-refractivity contribution is -0.139. The van der Waals surface area contributed by atoms with Gasteiger partial charge in [0.15, 0.2) is 0 Å². The molecule has 2 heterocycles. The quantitative estimate of drug-likeness (QED) is 0.363. The Labute approximate surface area is 200 Å². The number of carboxylic acids is 1. The Balaban J connectivity index is 1.64. The van der Waals surface area contributed by atoms with Gasteiger partial charge in [-0.3, -0.25) is 0 Å². The van der Waals surface area contributed by atoms with Crippen molar-refractivity contribution in [2.75, 3.05) is 19.0 Å². The van der Waals surface area contributed by atoms with Gasteiger partial charge in [-0.05, 0) is 49.2 Å². The van der Waals surface area contributed by atoms with Crippen molar-refractivity contribution in [2.45, 2.75) is 30.8 Å². The molecule has 2 aromatic carbocycles. The number of nitrogens with one attached hydrogen (secondary N) is 1. The molecule has 10 heteroatoms. The van der Waals surface area contributed by atoms with Gasteiger partial charge in [0.25, 0.3) is 0 Å². The van der Waals surface area contributed by atoms with E-state index in [0.29, 0.717) is 33.9 Å². The second kappa shape index (κ2) is 10.0. The van der Waals surface area contributed by atoms with Gasteiger partial charge < -0.3 is 19.9 Å². The van der Waals surface area contributed by atoms with Gasteiger partial charge in [0, 0.05) is 11.4 Å². The molecule has 0 saturated carbocycles. The second-order valence-electron chi connectivity index (χ2n) is 7.51. The minimum atomic E-state index is -0.960. The van der Waals surface area contributed by atoms with E-state index in [1.807, 2.05) is 31.2 Å². The first-order valence-corrected chi connectivity index (χ1v) is 11.6. The molecule has 0 amide bonds. The molecule has 0 spiro atoms. The molecule has 0 aliphatic carbocycles. The highest BCUT2D eigenvalue weighted by atomic mass is 32.2. The first kappa shape index (κ1) is 23.4. The number of nitrogens with zero attached hydrogens (tertiary/aromatic N) is 3. The third-order valence-corrected chi connectivity index (χ3v) is 6.24. The number of methoxy groups -OCH3 is 1. The maximum atomic E-state index is 12.9. The lowest BCUT2D eigenvalue weighted by Crippen LogP contribution is -2.29. The van der Waals surface area contributed by atoms with Gasteiger partial charge in [0.1, 0.15) is 11.8 Å². The van der Waals surface area contributed by atoms with Crippen LogP contribution in [0.15, 0.2) is 65.0 Å². The standard InChI is InChI=1S/C24H24N4O5S/c1-4-33-22(31)19-14(2)25-23-26-24(34-13-15-5-7-17(8-6-15)21(29)30)27-28(23)20(19)16-9-11-18(32-3)12-10-16/h5-12,20H,4,13H2,1-3H3,(H,29,30)(H,25,26,27)/t20-/m1/s1.